The van der Waals surface area contributed by atoms with Crippen molar-refractivity contribution in [2.75, 3.05) is 0 Å². The molecule has 0 radical (unpaired) electrons. The summed E-state index contributed by atoms with van der Waals surface area (Å²) in [7, 11) is 0. The molecule has 0 bridgehead atoms. The highest BCUT2D eigenvalue weighted by molar-refractivity contribution is 5.71. The van der Waals surface area contributed by atoms with Crippen molar-refractivity contribution >= 4 is 11.2 Å². The van der Waals surface area contributed by atoms with Crippen LogP contribution in [0.3, 0.4) is 0 Å². The van der Waals surface area contributed by atoms with Crippen LogP contribution in [-0.2, 0) is 13.0 Å². The van der Waals surface area contributed by atoms with Gasteiger partial charge >= 0.3 is 0 Å². The highest BCUT2D eigenvalue weighted by Crippen LogP contribution is 2.13. The molecule has 3 aromatic heterocycles. The van der Waals surface area contributed by atoms with E-state index in [0.29, 0.717) is 29.2 Å². The van der Waals surface area contributed by atoms with Crippen molar-refractivity contribution in [3.8, 4) is 11.5 Å². The van der Waals surface area contributed by atoms with Gasteiger partial charge in [-0.25, -0.2) is 9.97 Å². The van der Waals surface area contributed by atoms with Gasteiger partial charge < -0.3 is 9.55 Å². The number of aromatic amines is 1. The maximum absolute atomic E-state index is 12.5. The van der Waals surface area contributed by atoms with Crippen LogP contribution in [0, 0.1) is 0 Å². The van der Waals surface area contributed by atoms with Crippen LogP contribution < -0.4 is 5.56 Å². The Bertz CT molecular complexity index is 1020. The Hall–Kier alpha value is -3.28. The number of imidazole rings is 1. The highest BCUT2D eigenvalue weighted by atomic mass is 16.1. The number of H-pyrrole nitrogens is 1. The number of fused-ring (bicyclic) bond motifs is 1. The van der Waals surface area contributed by atoms with Gasteiger partial charge in [-0.2, -0.15) is 0 Å². The van der Waals surface area contributed by atoms with Crippen LogP contribution in [0.5, 0.6) is 0 Å². The molecule has 0 atom stereocenters. The zero-order valence-corrected chi connectivity index (χ0v) is 12.9. The number of pyridine rings is 1. The summed E-state index contributed by atoms with van der Waals surface area (Å²) in [6, 6.07) is 15.6. The first-order valence-electron chi connectivity index (χ1n) is 7.72. The first kappa shape index (κ1) is 14.3. The van der Waals surface area contributed by atoms with E-state index in [2.05, 4.69) is 32.1 Å². The lowest BCUT2D eigenvalue weighted by Gasteiger charge is -2.04. The fraction of sp³-hybridized carbons (Fsp3) is 0.111. The van der Waals surface area contributed by atoms with Crippen molar-refractivity contribution in [1.29, 1.82) is 0 Å². The number of aromatic nitrogens is 5. The van der Waals surface area contributed by atoms with Gasteiger partial charge in [0.25, 0.3) is 5.56 Å². The predicted octanol–water partition coefficient (Wildman–Crippen LogP) is 2.42. The minimum atomic E-state index is -0.203. The normalized spacial score (nSPS) is 11.0. The second kappa shape index (κ2) is 6.08. The fourth-order valence-electron chi connectivity index (χ4n) is 2.67. The summed E-state index contributed by atoms with van der Waals surface area (Å²) in [6.45, 7) is 0.675. The van der Waals surface area contributed by atoms with Crippen LogP contribution in [0.15, 0.2) is 65.8 Å². The molecule has 0 amide bonds. The molecule has 0 saturated carbocycles. The van der Waals surface area contributed by atoms with Gasteiger partial charge in [0.05, 0.1) is 6.33 Å². The Kier molecular flexibility index (Phi) is 3.63. The van der Waals surface area contributed by atoms with E-state index in [1.807, 2.05) is 34.9 Å². The zero-order valence-electron chi connectivity index (χ0n) is 12.9. The maximum Gasteiger partial charge on any atom is 0.277 e. The number of hydrogen-bond donors (Lipinski definition) is 1. The minimum absolute atomic E-state index is 0.203. The Morgan fingerprint density at radius 3 is 2.62 bits per heavy atom. The highest BCUT2D eigenvalue weighted by Gasteiger charge is 2.12. The van der Waals surface area contributed by atoms with Crippen LogP contribution in [0.2, 0.25) is 0 Å². The average Bonchev–Trinajstić information content (AvgIpc) is 3.05. The molecule has 6 heteroatoms. The molecule has 3 heterocycles. The summed E-state index contributed by atoms with van der Waals surface area (Å²) in [5.74, 6) is 0.432. The van der Waals surface area contributed by atoms with Gasteiger partial charge in [-0.05, 0) is 24.1 Å². The summed E-state index contributed by atoms with van der Waals surface area (Å²) in [6.07, 6.45) is 4.16. The topological polar surface area (TPSA) is 76.5 Å². The van der Waals surface area contributed by atoms with Crippen molar-refractivity contribution in [2.24, 2.45) is 0 Å². The van der Waals surface area contributed by atoms with Gasteiger partial charge in [-0.3, -0.25) is 9.78 Å². The lowest BCUT2D eigenvalue weighted by Crippen LogP contribution is -2.14. The Morgan fingerprint density at radius 2 is 1.83 bits per heavy atom. The van der Waals surface area contributed by atoms with Gasteiger partial charge in [0.1, 0.15) is 5.69 Å². The summed E-state index contributed by atoms with van der Waals surface area (Å²) in [5, 5.41) is 0. The third-order valence-corrected chi connectivity index (χ3v) is 3.87. The molecule has 0 aliphatic heterocycles. The van der Waals surface area contributed by atoms with Crippen molar-refractivity contribution in [1.82, 2.24) is 24.5 Å². The van der Waals surface area contributed by atoms with Crippen molar-refractivity contribution < 1.29 is 0 Å². The fourth-order valence-corrected chi connectivity index (χ4v) is 2.67. The molecule has 118 valence electrons. The predicted molar refractivity (Wildman–Crippen MR) is 91.5 cm³/mol. The van der Waals surface area contributed by atoms with Gasteiger partial charge in [-0.15, -0.1) is 0 Å². The van der Waals surface area contributed by atoms with E-state index in [0.717, 1.165) is 6.42 Å². The Balaban J connectivity index is 1.68. The second-order valence-corrected chi connectivity index (χ2v) is 5.48. The summed E-state index contributed by atoms with van der Waals surface area (Å²) in [5.41, 5.74) is 2.56. The molecule has 24 heavy (non-hydrogen) atoms. The van der Waals surface area contributed by atoms with E-state index in [1.54, 1.807) is 18.6 Å². The SMILES string of the molecule is O=c1[nH]c(-c2ccccn2)nc2ncn(CCc3ccccc3)c12. The van der Waals surface area contributed by atoms with E-state index < -0.39 is 0 Å². The molecule has 6 nitrogen and oxygen atoms in total. The summed E-state index contributed by atoms with van der Waals surface area (Å²) in [4.78, 5) is 28.2. The van der Waals surface area contributed by atoms with Crippen molar-refractivity contribution in [2.45, 2.75) is 13.0 Å². The minimum Gasteiger partial charge on any atom is -0.324 e. The molecule has 4 rings (SSSR count). The zero-order chi connectivity index (χ0) is 16.4. The summed E-state index contributed by atoms with van der Waals surface area (Å²) < 4.78 is 1.84. The van der Waals surface area contributed by atoms with Gasteiger partial charge in [0, 0.05) is 12.7 Å². The van der Waals surface area contributed by atoms with Gasteiger partial charge in [0.15, 0.2) is 17.0 Å². The van der Waals surface area contributed by atoms with Gasteiger partial charge in [0.2, 0.25) is 0 Å². The van der Waals surface area contributed by atoms with Gasteiger partial charge in [-0.1, -0.05) is 36.4 Å². The van der Waals surface area contributed by atoms with E-state index in [9.17, 15) is 4.79 Å². The van der Waals surface area contributed by atoms with Crippen molar-refractivity contribution in [3.63, 3.8) is 0 Å². The first-order chi connectivity index (χ1) is 11.8. The smallest absolute Gasteiger partial charge is 0.277 e. The number of nitrogens with one attached hydrogen (secondary N) is 1. The lowest BCUT2D eigenvalue weighted by atomic mass is 10.1. The summed E-state index contributed by atoms with van der Waals surface area (Å²) >= 11 is 0. The van der Waals surface area contributed by atoms with Crippen LogP contribution >= 0.6 is 0 Å². The molecule has 0 aliphatic carbocycles. The van der Waals surface area contributed by atoms with E-state index in [1.165, 1.54) is 5.56 Å². The van der Waals surface area contributed by atoms with E-state index >= 15 is 0 Å². The second-order valence-electron chi connectivity index (χ2n) is 5.48. The van der Waals surface area contributed by atoms with Crippen molar-refractivity contribution in [3.05, 3.63) is 77.0 Å². The van der Waals surface area contributed by atoms with E-state index in [4.69, 9.17) is 0 Å². The molecule has 0 aliphatic rings. The van der Waals surface area contributed by atoms with Crippen LogP contribution in [-0.4, -0.2) is 24.5 Å². The molecule has 1 aromatic carbocycles. The Labute approximate surface area is 137 Å². The quantitative estimate of drug-likeness (QED) is 0.627. The molecule has 1 N–H and O–H groups in total. The maximum atomic E-state index is 12.5. The number of benzene rings is 1. The lowest BCUT2D eigenvalue weighted by molar-refractivity contribution is 0.713. The third kappa shape index (κ3) is 2.69. The molecule has 4 aromatic rings. The first-order valence-corrected chi connectivity index (χ1v) is 7.72. The molecule has 0 spiro atoms. The molecular formula is C18H15N5O. The molecule has 0 unspecified atom stereocenters. The van der Waals surface area contributed by atoms with Crippen LogP contribution in [0.1, 0.15) is 5.56 Å². The average molecular weight is 317 g/mol. The van der Waals surface area contributed by atoms with E-state index in [-0.39, 0.29) is 5.56 Å². The number of hydrogen-bond acceptors (Lipinski definition) is 4. The standard InChI is InChI=1S/C18H15N5O/c24-18-15-17(21-16(22-18)14-8-4-5-10-19-14)20-12-23(15)11-9-13-6-2-1-3-7-13/h1-8,10,12H,9,11H2,(H,21,22,24). The van der Waals surface area contributed by atoms with Crippen LogP contribution in [0.25, 0.3) is 22.7 Å². The van der Waals surface area contributed by atoms with Crippen LogP contribution in [0.4, 0.5) is 0 Å². The Morgan fingerprint density at radius 1 is 1.00 bits per heavy atom. The molecule has 0 saturated heterocycles. The monoisotopic (exact) mass is 317 g/mol. The number of nitrogens with zero attached hydrogens (tertiary/aromatic N) is 4. The largest absolute Gasteiger partial charge is 0.324 e. The molecular weight excluding hydrogens is 302 g/mol. The third-order valence-electron chi connectivity index (χ3n) is 3.87. The number of aryl methyl sites for hydroxylation is 2. The number of rotatable bonds is 4. The molecule has 0 fully saturated rings.